The fourth-order valence-corrected chi connectivity index (χ4v) is 4.08. The Morgan fingerprint density at radius 2 is 1.79 bits per heavy atom. The molecule has 0 aliphatic carbocycles. The van der Waals surface area contributed by atoms with Crippen LogP contribution in [0.15, 0.2) is 40.2 Å². The normalized spacial score (nSPS) is 12.9. The summed E-state index contributed by atoms with van der Waals surface area (Å²) < 4.78 is 30.8. The van der Waals surface area contributed by atoms with Crippen molar-refractivity contribution in [1.82, 2.24) is 10.6 Å². The molecule has 1 unspecified atom stereocenters. The van der Waals surface area contributed by atoms with Gasteiger partial charge < -0.3 is 15.4 Å². The third kappa shape index (κ3) is 11.2. The molecular weight excluding hydrogens is 489 g/mol. The highest BCUT2D eigenvalue weighted by Crippen LogP contribution is 2.12. The Morgan fingerprint density at radius 1 is 1.11 bits per heavy atom. The molecule has 28 heavy (non-hydrogen) atoms. The summed E-state index contributed by atoms with van der Waals surface area (Å²) in [6, 6.07) is 8.38. The Morgan fingerprint density at radius 3 is 2.39 bits per heavy atom. The van der Waals surface area contributed by atoms with Crippen LogP contribution >= 0.6 is 24.0 Å². The fourth-order valence-electron chi connectivity index (χ4n) is 2.47. The molecule has 0 aliphatic heterocycles. The van der Waals surface area contributed by atoms with E-state index in [1.54, 1.807) is 24.3 Å². The second-order valence-electron chi connectivity index (χ2n) is 6.42. The van der Waals surface area contributed by atoms with Crippen molar-refractivity contribution in [2.45, 2.75) is 57.4 Å². The van der Waals surface area contributed by atoms with Gasteiger partial charge in [-0.15, -0.1) is 24.0 Å². The first-order chi connectivity index (χ1) is 13.0. The standard InChI is InChI=1S/C20H35N3O3S.HI/c1-4-7-15-26-16-11-14-22-20(21-6-3)23-18(5-2)17-27(24,25)19-12-9-8-10-13-19;/h8-10,12-13,18H,4-7,11,14-17H2,1-3H3,(H2,21,22,23);1H. The number of halogens is 1. The molecule has 1 atom stereocenters. The van der Waals surface area contributed by atoms with Crippen LogP contribution in [-0.4, -0.2) is 52.5 Å². The molecule has 0 aliphatic rings. The summed E-state index contributed by atoms with van der Waals surface area (Å²) in [5, 5.41) is 6.45. The quantitative estimate of drug-likeness (QED) is 0.178. The first-order valence-corrected chi connectivity index (χ1v) is 11.6. The number of nitrogens with one attached hydrogen (secondary N) is 2. The van der Waals surface area contributed by atoms with Gasteiger partial charge in [-0.05, 0) is 38.3 Å². The summed E-state index contributed by atoms with van der Waals surface area (Å²) in [6.07, 6.45) is 3.76. The van der Waals surface area contributed by atoms with E-state index in [0.29, 0.717) is 30.4 Å². The number of hydrogen-bond acceptors (Lipinski definition) is 4. The second-order valence-corrected chi connectivity index (χ2v) is 8.46. The van der Waals surface area contributed by atoms with Crippen molar-refractivity contribution >= 4 is 39.8 Å². The molecule has 1 aromatic rings. The molecule has 0 saturated heterocycles. The van der Waals surface area contributed by atoms with Crippen molar-refractivity contribution in [3.05, 3.63) is 30.3 Å². The lowest BCUT2D eigenvalue weighted by atomic mass is 10.3. The Bertz CT molecular complexity index is 639. The van der Waals surface area contributed by atoms with Crippen molar-refractivity contribution < 1.29 is 13.2 Å². The zero-order valence-electron chi connectivity index (χ0n) is 17.3. The first-order valence-electron chi connectivity index (χ1n) is 9.93. The number of nitrogens with zero attached hydrogens (tertiary/aromatic N) is 1. The molecule has 1 aromatic carbocycles. The minimum atomic E-state index is -3.34. The third-order valence-corrected chi connectivity index (χ3v) is 5.89. The number of hydrogen-bond donors (Lipinski definition) is 2. The predicted molar refractivity (Wildman–Crippen MR) is 127 cm³/mol. The van der Waals surface area contributed by atoms with E-state index in [1.807, 2.05) is 19.9 Å². The van der Waals surface area contributed by atoms with E-state index >= 15 is 0 Å². The molecule has 162 valence electrons. The number of sulfone groups is 1. The molecule has 0 saturated carbocycles. The Balaban J connectivity index is 0.00000729. The molecular formula is C20H36IN3O3S. The maximum Gasteiger partial charge on any atom is 0.191 e. The minimum Gasteiger partial charge on any atom is -0.381 e. The molecule has 6 nitrogen and oxygen atoms in total. The number of ether oxygens (including phenoxy) is 1. The van der Waals surface area contributed by atoms with Crippen LogP contribution in [0.3, 0.4) is 0 Å². The minimum absolute atomic E-state index is 0. The maximum absolute atomic E-state index is 12.6. The van der Waals surface area contributed by atoms with E-state index in [-0.39, 0.29) is 35.8 Å². The average molecular weight is 525 g/mol. The van der Waals surface area contributed by atoms with Crippen LogP contribution in [0, 0.1) is 0 Å². The molecule has 0 fully saturated rings. The van der Waals surface area contributed by atoms with Gasteiger partial charge in [-0.25, -0.2) is 8.42 Å². The van der Waals surface area contributed by atoms with Crippen LogP contribution in [-0.2, 0) is 14.6 Å². The van der Waals surface area contributed by atoms with E-state index in [4.69, 9.17) is 4.74 Å². The first kappa shape index (κ1) is 27.1. The van der Waals surface area contributed by atoms with E-state index in [0.717, 1.165) is 32.4 Å². The topological polar surface area (TPSA) is 79.8 Å². The Labute approximate surface area is 187 Å². The van der Waals surface area contributed by atoms with Gasteiger partial charge in [0.25, 0.3) is 0 Å². The summed E-state index contributed by atoms with van der Waals surface area (Å²) in [5.74, 6) is 0.694. The SMILES string of the molecule is CCCCOCCCN=C(NCC)NC(CC)CS(=O)(=O)c1ccccc1.I. The number of rotatable bonds is 13. The highest BCUT2D eigenvalue weighted by Gasteiger charge is 2.20. The second kappa shape index (κ2) is 16.0. The molecule has 0 spiro atoms. The monoisotopic (exact) mass is 525 g/mol. The van der Waals surface area contributed by atoms with Crippen LogP contribution in [0.4, 0.5) is 0 Å². The maximum atomic E-state index is 12.6. The van der Waals surface area contributed by atoms with Gasteiger partial charge in [0.1, 0.15) is 0 Å². The summed E-state index contributed by atoms with van der Waals surface area (Å²) in [5.41, 5.74) is 0. The third-order valence-electron chi connectivity index (χ3n) is 4.06. The lowest BCUT2D eigenvalue weighted by molar-refractivity contribution is 0.130. The molecule has 0 amide bonds. The van der Waals surface area contributed by atoms with Gasteiger partial charge in [0.05, 0.1) is 10.6 Å². The summed E-state index contributed by atoms with van der Waals surface area (Å²) in [6.45, 7) is 8.97. The number of aliphatic imine (C=N–C) groups is 1. The van der Waals surface area contributed by atoms with Gasteiger partial charge in [-0.3, -0.25) is 4.99 Å². The molecule has 8 heteroatoms. The van der Waals surface area contributed by atoms with Crippen LogP contribution in [0.5, 0.6) is 0 Å². The van der Waals surface area contributed by atoms with E-state index in [9.17, 15) is 8.42 Å². The lowest BCUT2D eigenvalue weighted by Crippen LogP contribution is -2.46. The van der Waals surface area contributed by atoms with E-state index < -0.39 is 9.84 Å². The van der Waals surface area contributed by atoms with Crippen molar-refractivity contribution in [3.8, 4) is 0 Å². The largest absolute Gasteiger partial charge is 0.381 e. The Hall–Kier alpha value is -0.870. The molecule has 1 rings (SSSR count). The summed E-state index contributed by atoms with van der Waals surface area (Å²) in [4.78, 5) is 4.90. The molecule has 2 N–H and O–H groups in total. The number of benzene rings is 1. The van der Waals surface area contributed by atoms with Crippen LogP contribution < -0.4 is 10.6 Å². The van der Waals surface area contributed by atoms with Gasteiger partial charge >= 0.3 is 0 Å². The average Bonchev–Trinajstić information content (AvgIpc) is 2.67. The smallest absolute Gasteiger partial charge is 0.191 e. The van der Waals surface area contributed by atoms with Crippen molar-refractivity contribution in [2.24, 2.45) is 4.99 Å². The predicted octanol–water partition coefficient (Wildman–Crippen LogP) is 3.62. The summed E-state index contributed by atoms with van der Waals surface area (Å²) in [7, 11) is -3.34. The van der Waals surface area contributed by atoms with Gasteiger partial charge in [0.2, 0.25) is 0 Å². The molecule has 0 aromatic heterocycles. The molecule has 0 heterocycles. The van der Waals surface area contributed by atoms with Crippen molar-refractivity contribution in [2.75, 3.05) is 32.1 Å². The van der Waals surface area contributed by atoms with Gasteiger partial charge in [-0.2, -0.15) is 0 Å². The number of unbranched alkanes of at least 4 members (excludes halogenated alkanes) is 1. The highest BCUT2D eigenvalue weighted by molar-refractivity contribution is 14.0. The van der Waals surface area contributed by atoms with Gasteiger partial charge in [0, 0.05) is 32.3 Å². The van der Waals surface area contributed by atoms with Gasteiger partial charge in [-0.1, -0.05) is 38.5 Å². The van der Waals surface area contributed by atoms with Gasteiger partial charge in [0.15, 0.2) is 15.8 Å². The molecule has 0 bridgehead atoms. The zero-order chi connectivity index (χ0) is 20.0. The highest BCUT2D eigenvalue weighted by atomic mass is 127. The van der Waals surface area contributed by atoms with E-state index in [1.165, 1.54) is 0 Å². The van der Waals surface area contributed by atoms with Crippen molar-refractivity contribution in [1.29, 1.82) is 0 Å². The fraction of sp³-hybridized carbons (Fsp3) is 0.650. The summed E-state index contributed by atoms with van der Waals surface area (Å²) >= 11 is 0. The van der Waals surface area contributed by atoms with E-state index in [2.05, 4.69) is 22.5 Å². The zero-order valence-corrected chi connectivity index (χ0v) is 20.5. The molecule has 0 radical (unpaired) electrons. The Kier molecular flexibility index (Phi) is 15.5. The number of guanidine groups is 1. The van der Waals surface area contributed by atoms with Crippen LogP contribution in [0.25, 0.3) is 0 Å². The van der Waals surface area contributed by atoms with Crippen LogP contribution in [0.1, 0.15) is 46.5 Å². The van der Waals surface area contributed by atoms with Crippen molar-refractivity contribution in [3.63, 3.8) is 0 Å². The van der Waals surface area contributed by atoms with Crippen LogP contribution in [0.2, 0.25) is 0 Å². The lowest BCUT2D eigenvalue weighted by Gasteiger charge is -2.20.